The minimum absolute atomic E-state index is 0.0414. The average Bonchev–Trinajstić information content (AvgIpc) is 3.26. The van der Waals surface area contributed by atoms with E-state index in [4.69, 9.17) is 14.2 Å². The van der Waals surface area contributed by atoms with E-state index in [1.807, 2.05) is 24.0 Å². The van der Waals surface area contributed by atoms with Crippen LogP contribution in [0.5, 0.6) is 5.75 Å². The lowest BCUT2D eigenvalue weighted by Gasteiger charge is -2.28. The Morgan fingerprint density at radius 1 is 1.21 bits per heavy atom. The number of benzene rings is 2. The van der Waals surface area contributed by atoms with Crippen molar-refractivity contribution in [3.8, 4) is 5.75 Å². The third-order valence-electron chi connectivity index (χ3n) is 6.94. The molecule has 3 heterocycles. The summed E-state index contributed by atoms with van der Waals surface area (Å²) in [7, 11) is 0. The molecule has 5 rings (SSSR count). The Morgan fingerprint density at radius 3 is 2.57 bits per heavy atom. The van der Waals surface area contributed by atoms with Crippen LogP contribution in [0.3, 0.4) is 0 Å². The predicted octanol–water partition coefficient (Wildman–Crippen LogP) is 3.33. The topological polar surface area (TPSA) is 126 Å². The summed E-state index contributed by atoms with van der Waals surface area (Å²) in [4.78, 5) is 45.7. The largest absolute Gasteiger partial charge is 0.494 e. The monoisotopic (exact) mass is 592 g/mol. The van der Waals surface area contributed by atoms with Gasteiger partial charge in [0.25, 0.3) is 11.2 Å². The fourth-order valence-electron chi connectivity index (χ4n) is 5.09. The van der Waals surface area contributed by atoms with Crippen molar-refractivity contribution in [3.63, 3.8) is 0 Å². The van der Waals surface area contributed by atoms with Crippen molar-refractivity contribution in [2.24, 2.45) is 4.99 Å². The van der Waals surface area contributed by atoms with Gasteiger partial charge in [0.2, 0.25) is 0 Å². The first kappa shape index (κ1) is 29.2. The number of morpholine rings is 1. The van der Waals surface area contributed by atoms with E-state index in [2.05, 4.69) is 4.99 Å². The van der Waals surface area contributed by atoms with E-state index in [1.165, 1.54) is 10.6 Å². The van der Waals surface area contributed by atoms with Gasteiger partial charge in [-0.25, -0.2) is 9.79 Å². The molecular formula is C30H32N4O7S. The first-order chi connectivity index (χ1) is 20.2. The number of hydrogen-bond donors (Lipinski definition) is 0. The summed E-state index contributed by atoms with van der Waals surface area (Å²) in [5.41, 5.74) is 2.05. The van der Waals surface area contributed by atoms with Crippen LogP contribution in [-0.2, 0) is 14.3 Å². The Morgan fingerprint density at radius 2 is 1.93 bits per heavy atom. The van der Waals surface area contributed by atoms with E-state index in [0.717, 1.165) is 11.3 Å². The summed E-state index contributed by atoms with van der Waals surface area (Å²) < 4.78 is 18.3. The molecule has 0 bridgehead atoms. The Bertz CT molecular complexity index is 1720. The van der Waals surface area contributed by atoms with Gasteiger partial charge in [-0.2, -0.15) is 0 Å². The summed E-state index contributed by atoms with van der Waals surface area (Å²) in [5.74, 6) is 0.122. The lowest BCUT2D eigenvalue weighted by atomic mass is 9.96. The molecule has 0 aliphatic carbocycles. The van der Waals surface area contributed by atoms with Crippen molar-refractivity contribution in [1.82, 2.24) is 4.57 Å². The van der Waals surface area contributed by atoms with E-state index in [9.17, 15) is 19.7 Å². The second-order valence-corrected chi connectivity index (χ2v) is 11.2. The van der Waals surface area contributed by atoms with Crippen LogP contribution in [0.15, 0.2) is 63.5 Å². The number of nitro groups is 1. The fourth-order valence-corrected chi connectivity index (χ4v) is 6.13. The maximum absolute atomic E-state index is 13.9. The van der Waals surface area contributed by atoms with Crippen molar-refractivity contribution >= 4 is 34.8 Å². The summed E-state index contributed by atoms with van der Waals surface area (Å²) in [5, 5.41) is 12.0. The molecule has 1 fully saturated rings. The van der Waals surface area contributed by atoms with Gasteiger partial charge < -0.3 is 19.1 Å². The summed E-state index contributed by atoms with van der Waals surface area (Å²) in [6.45, 7) is 9.77. The molecule has 0 unspecified atom stereocenters. The SMILES string of the molecule is CCOc1ccc([C@H]2C(C(=O)OC(C)C)=C(C)N=c3s/c(=C\c4ccc(N5CCOCC5)c([N+](=O)[O-])c4)c(=O)n32)cc1. The number of esters is 1. The first-order valence-electron chi connectivity index (χ1n) is 13.7. The van der Waals surface area contributed by atoms with Gasteiger partial charge in [0, 0.05) is 19.2 Å². The minimum atomic E-state index is -0.775. The van der Waals surface area contributed by atoms with Crippen LogP contribution >= 0.6 is 11.3 Å². The number of fused-ring (bicyclic) bond motifs is 1. The number of thiazole rings is 1. The Kier molecular flexibility index (Phi) is 8.55. The van der Waals surface area contributed by atoms with E-state index in [-0.39, 0.29) is 22.9 Å². The molecular weight excluding hydrogens is 560 g/mol. The van der Waals surface area contributed by atoms with Crippen LogP contribution in [0.4, 0.5) is 11.4 Å². The van der Waals surface area contributed by atoms with Gasteiger partial charge in [-0.3, -0.25) is 19.5 Å². The predicted molar refractivity (Wildman–Crippen MR) is 159 cm³/mol. The van der Waals surface area contributed by atoms with Crippen molar-refractivity contribution in [2.45, 2.75) is 39.8 Å². The zero-order valence-corrected chi connectivity index (χ0v) is 24.7. The van der Waals surface area contributed by atoms with Gasteiger partial charge in [-0.1, -0.05) is 29.5 Å². The second kappa shape index (κ2) is 12.3. The fraction of sp³-hybridized carbons (Fsp3) is 0.367. The summed E-state index contributed by atoms with van der Waals surface area (Å²) in [6.07, 6.45) is 1.26. The van der Waals surface area contributed by atoms with Crippen molar-refractivity contribution < 1.29 is 23.9 Å². The molecule has 11 nitrogen and oxygen atoms in total. The van der Waals surface area contributed by atoms with E-state index in [0.29, 0.717) is 70.5 Å². The average molecular weight is 593 g/mol. The second-order valence-electron chi connectivity index (χ2n) is 10.1. The molecule has 0 radical (unpaired) electrons. The molecule has 1 saturated heterocycles. The maximum Gasteiger partial charge on any atom is 0.338 e. The van der Waals surface area contributed by atoms with E-state index in [1.54, 1.807) is 51.1 Å². The molecule has 1 aromatic heterocycles. The Balaban J connectivity index is 1.62. The van der Waals surface area contributed by atoms with Gasteiger partial charge in [-0.15, -0.1) is 0 Å². The number of carbonyl (C=O) groups is 1. The number of nitrogens with zero attached hydrogens (tertiary/aromatic N) is 4. The number of anilines is 1. The molecule has 0 saturated carbocycles. The molecule has 1 atom stereocenters. The lowest BCUT2D eigenvalue weighted by Crippen LogP contribution is -2.40. The molecule has 220 valence electrons. The Hall–Kier alpha value is -4.29. The van der Waals surface area contributed by atoms with Crippen LogP contribution in [0.2, 0.25) is 0 Å². The third kappa shape index (κ3) is 5.86. The highest BCUT2D eigenvalue weighted by molar-refractivity contribution is 7.07. The van der Waals surface area contributed by atoms with Crippen molar-refractivity contribution in [1.29, 1.82) is 0 Å². The third-order valence-corrected chi connectivity index (χ3v) is 7.92. The maximum atomic E-state index is 13.9. The van der Waals surface area contributed by atoms with Crippen LogP contribution in [0.1, 0.15) is 44.9 Å². The van der Waals surface area contributed by atoms with Crippen LogP contribution < -0.4 is 24.5 Å². The molecule has 2 aliphatic rings. The first-order valence-corrected chi connectivity index (χ1v) is 14.6. The zero-order valence-electron chi connectivity index (χ0n) is 23.9. The smallest absolute Gasteiger partial charge is 0.338 e. The van der Waals surface area contributed by atoms with Gasteiger partial charge in [-0.05, 0) is 63.1 Å². The summed E-state index contributed by atoms with van der Waals surface area (Å²) >= 11 is 1.16. The van der Waals surface area contributed by atoms with Crippen molar-refractivity contribution in [2.75, 3.05) is 37.8 Å². The van der Waals surface area contributed by atoms with E-state index >= 15 is 0 Å². The van der Waals surface area contributed by atoms with Crippen LogP contribution in [0.25, 0.3) is 6.08 Å². The number of rotatable bonds is 8. The molecule has 2 aliphatic heterocycles. The normalized spacial score (nSPS) is 17.2. The van der Waals surface area contributed by atoms with Gasteiger partial charge >= 0.3 is 5.97 Å². The van der Waals surface area contributed by atoms with Gasteiger partial charge in [0.1, 0.15) is 11.4 Å². The number of nitro benzene ring substituents is 1. The highest BCUT2D eigenvalue weighted by atomic mass is 32.1. The minimum Gasteiger partial charge on any atom is -0.494 e. The molecule has 12 heteroatoms. The highest BCUT2D eigenvalue weighted by Crippen LogP contribution is 2.33. The molecule has 42 heavy (non-hydrogen) atoms. The molecule has 0 amide bonds. The van der Waals surface area contributed by atoms with Crippen LogP contribution in [0, 0.1) is 10.1 Å². The highest BCUT2D eigenvalue weighted by Gasteiger charge is 2.34. The van der Waals surface area contributed by atoms with Crippen molar-refractivity contribution in [3.05, 3.63) is 94.7 Å². The quantitative estimate of drug-likeness (QED) is 0.222. The standard InChI is InChI=1S/C30H32N4O7S/c1-5-40-22-9-7-21(8-10-22)27-26(29(36)41-18(2)3)19(4)31-30-33(27)28(35)25(42-30)17-20-6-11-23(24(16-20)34(37)38)32-12-14-39-15-13-32/h6-11,16-18,27H,5,12-15H2,1-4H3/b25-17-/t27-/m0/s1. The number of aromatic nitrogens is 1. The molecule has 0 N–H and O–H groups in total. The van der Waals surface area contributed by atoms with E-state index < -0.39 is 16.9 Å². The molecule has 2 aromatic carbocycles. The van der Waals surface area contributed by atoms with Gasteiger partial charge in [0.05, 0.1) is 52.7 Å². The Labute approximate surface area is 246 Å². The number of carbonyl (C=O) groups excluding carboxylic acids is 1. The summed E-state index contributed by atoms with van der Waals surface area (Å²) in [6, 6.07) is 11.4. The van der Waals surface area contributed by atoms with Gasteiger partial charge in [0.15, 0.2) is 4.80 Å². The number of allylic oxidation sites excluding steroid dienone is 1. The zero-order chi connectivity index (χ0) is 30.0. The number of hydrogen-bond acceptors (Lipinski definition) is 10. The van der Waals surface area contributed by atoms with Crippen LogP contribution in [-0.4, -0.2) is 54.5 Å². The number of ether oxygens (including phenoxy) is 3. The lowest BCUT2D eigenvalue weighted by molar-refractivity contribution is -0.384. The molecule has 0 spiro atoms. The molecule has 3 aromatic rings.